The van der Waals surface area contributed by atoms with E-state index >= 15 is 0 Å². The van der Waals surface area contributed by atoms with Crippen LogP contribution in [0.5, 0.6) is 0 Å². The molecule has 1 aromatic heterocycles. The zero-order valence-electron chi connectivity index (χ0n) is 12.8. The monoisotopic (exact) mass is 291 g/mol. The molecule has 2 saturated heterocycles. The van der Waals surface area contributed by atoms with E-state index in [0.717, 1.165) is 64.4 Å². The fourth-order valence-corrected chi connectivity index (χ4v) is 3.31. The summed E-state index contributed by atoms with van der Waals surface area (Å²) in [6.07, 6.45) is 3.63. The standard InChI is InChI=1S/C16H25N3O2/c1-16(4-6-17-7-5-16)15(20)19-10-8-18(9-11-19)13-14-3-2-12-21-14/h2-3,12,17H,4-11,13H2,1H3. The average Bonchev–Trinajstić information content (AvgIpc) is 3.01. The first-order valence-electron chi connectivity index (χ1n) is 7.92. The van der Waals surface area contributed by atoms with Crippen LogP contribution in [0.4, 0.5) is 0 Å². The maximum atomic E-state index is 12.8. The second-order valence-corrected chi connectivity index (χ2v) is 6.46. The predicted molar refractivity (Wildman–Crippen MR) is 80.8 cm³/mol. The van der Waals surface area contributed by atoms with Crippen LogP contribution in [0.3, 0.4) is 0 Å². The van der Waals surface area contributed by atoms with Gasteiger partial charge in [-0.15, -0.1) is 0 Å². The second-order valence-electron chi connectivity index (χ2n) is 6.46. The zero-order valence-corrected chi connectivity index (χ0v) is 12.8. The fraction of sp³-hybridized carbons (Fsp3) is 0.688. The fourth-order valence-electron chi connectivity index (χ4n) is 3.31. The molecule has 2 fully saturated rings. The van der Waals surface area contributed by atoms with Crippen LogP contribution >= 0.6 is 0 Å². The molecular weight excluding hydrogens is 266 g/mol. The summed E-state index contributed by atoms with van der Waals surface area (Å²) in [5.74, 6) is 1.35. The molecule has 5 heteroatoms. The van der Waals surface area contributed by atoms with E-state index < -0.39 is 0 Å². The Morgan fingerprint density at radius 3 is 2.62 bits per heavy atom. The molecule has 0 aromatic carbocycles. The number of amides is 1. The molecule has 0 spiro atoms. The van der Waals surface area contributed by atoms with Gasteiger partial charge in [0.1, 0.15) is 5.76 Å². The van der Waals surface area contributed by atoms with Crippen molar-refractivity contribution in [1.82, 2.24) is 15.1 Å². The van der Waals surface area contributed by atoms with Gasteiger partial charge in [0.05, 0.1) is 12.8 Å². The highest BCUT2D eigenvalue weighted by Gasteiger charge is 2.38. The van der Waals surface area contributed by atoms with E-state index in [4.69, 9.17) is 4.42 Å². The van der Waals surface area contributed by atoms with Crippen molar-refractivity contribution in [3.05, 3.63) is 24.2 Å². The van der Waals surface area contributed by atoms with Gasteiger partial charge in [0, 0.05) is 31.6 Å². The van der Waals surface area contributed by atoms with Crippen molar-refractivity contribution in [2.45, 2.75) is 26.3 Å². The molecule has 1 N–H and O–H groups in total. The van der Waals surface area contributed by atoms with Crippen LogP contribution in [-0.4, -0.2) is 55.0 Å². The zero-order chi connectivity index (χ0) is 14.7. The lowest BCUT2D eigenvalue weighted by molar-refractivity contribution is -0.144. The van der Waals surface area contributed by atoms with Gasteiger partial charge in [0.15, 0.2) is 0 Å². The van der Waals surface area contributed by atoms with Crippen molar-refractivity contribution < 1.29 is 9.21 Å². The molecule has 3 rings (SSSR count). The predicted octanol–water partition coefficient (Wildman–Crippen LogP) is 1.31. The van der Waals surface area contributed by atoms with Crippen LogP contribution in [0.25, 0.3) is 0 Å². The third-order valence-electron chi connectivity index (χ3n) is 4.84. The van der Waals surface area contributed by atoms with Gasteiger partial charge in [-0.3, -0.25) is 9.69 Å². The average molecular weight is 291 g/mol. The molecule has 3 heterocycles. The summed E-state index contributed by atoms with van der Waals surface area (Å²) in [6, 6.07) is 3.93. The number of piperidine rings is 1. The molecule has 0 aliphatic carbocycles. The van der Waals surface area contributed by atoms with E-state index in [0.29, 0.717) is 5.91 Å². The third kappa shape index (κ3) is 3.30. The molecule has 0 radical (unpaired) electrons. The van der Waals surface area contributed by atoms with E-state index in [-0.39, 0.29) is 5.41 Å². The molecule has 0 bridgehead atoms. The number of nitrogens with zero attached hydrogens (tertiary/aromatic N) is 2. The van der Waals surface area contributed by atoms with Gasteiger partial charge in [-0.05, 0) is 38.1 Å². The van der Waals surface area contributed by atoms with E-state index in [1.807, 2.05) is 12.1 Å². The number of carbonyl (C=O) groups excluding carboxylic acids is 1. The van der Waals surface area contributed by atoms with Crippen LogP contribution < -0.4 is 5.32 Å². The number of furan rings is 1. The largest absolute Gasteiger partial charge is 0.468 e. The van der Waals surface area contributed by atoms with Crippen LogP contribution in [-0.2, 0) is 11.3 Å². The smallest absolute Gasteiger partial charge is 0.228 e. The summed E-state index contributed by atoms with van der Waals surface area (Å²) >= 11 is 0. The van der Waals surface area contributed by atoms with E-state index in [1.54, 1.807) is 6.26 Å². The van der Waals surface area contributed by atoms with Gasteiger partial charge in [-0.25, -0.2) is 0 Å². The molecule has 0 unspecified atom stereocenters. The molecule has 1 aromatic rings. The normalized spacial score (nSPS) is 23.2. The van der Waals surface area contributed by atoms with Crippen molar-refractivity contribution >= 4 is 5.91 Å². The van der Waals surface area contributed by atoms with Gasteiger partial charge in [0.25, 0.3) is 0 Å². The summed E-state index contributed by atoms with van der Waals surface area (Å²) in [5, 5.41) is 3.34. The molecule has 0 saturated carbocycles. The maximum Gasteiger partial charge on any atom is 0.228 e. The minimum atomic E-state index is -0.158. The van der Waals surface area contributed by atoms with Gasteiger partial charge >= 0.3 is 0 Å². The highest BCUT2D eigenvalue weighted by atomic mass is 16.3. The summed E-state index contributed by atoms with van der Waals surface area (Å²) in [5.41, 5.74) is -0.158. The first kappa shape index (κ1) is 14.6. The summed E-state index contributed by atoms with van der Waals surface area (Å²) < 4.78 is 5.39. The second kappa shape index (κ2) is 6.20. The van der Waals surface area contributed by atoms with Crippen molar-refractivity contribution in [1.29, 1.82) is 0 Å². The molecule has 2 aliphatic rings. The van der Waals surface area contributed by atoms with Crippen molar-refractivity contribution in [3.8, 4) is 0 Å². The molecule has 21 heavy (non-hydrogen) atoms. The molecule has 116 valence electrons. The Morgan fingerprint density at radius 2 is 2.00 bits per heavy atom. The van der Waals surface area contributed by atoms with E-state index in [9.17, 15) is 4.79 Å². The first-order chi connectivity index (χ1) is 10.2. The number of piperazine rings is 1. The van der Waals surface area contributed by atoms with Crippen molar-refractivity contribution in [3.63, 3.8) is 0 Å². The van der Waals surface area contributed by atoms with Crippen LogP contribution in [0.2, 0.25) is 0 Å². The Labute approximate surface area is 126 Å². The van der Waals surface area contributed by atoms with Gasteiger partial charge in [-0.1, -0.05) is 6.92 Å². The Hall–Kier alpha value is -1.33. The molecule has 5 nitrogen and oxygen atoms in total. The maximum absolute atomic E-state index is 12.8. The van der Waals surface area contributed by atoms with E-state index in [1.165, 1.54) is 0 Å². The highest BCUT2D eigenvalue weighted by molar-refractivity contribution is 5.82. The van der Waals surface area contributed by atoms with Crippen molar-refractivity contribution in [2.75, 3.05) is 39.3 Å². The Kier molecular flexibility index (Phi) is 4.31. The van der Waals surface area contributed by atoms with Crippen LogP contribution in [0.1, 0.15) is 25.5 Å². The topological polar surface area (TPSA) is 48.7 Å². The molecule has 0 atom stereocenters. The number of carbonyl (C=O) groups is 1. The lowest BCUT2D eigenvalue weighted by Crippen LogP contribution is -2.54. The number of hydrogen-bond donors (Lipinski definition) is 1. The molecule has 1 amide bonds. The number of rotatable bonds is 3. The minimum Gasteiger partial charge on any atom is -0.468 e. The number of hydrogen-bond acceptors (Lipinski definition) is 4. The van der Waals surface area contributed by atoms with Gasteiger partial charge in [-0.2, -0.15) is 0 Å². The van der Waals surface area contributed by atoms with Gasteiger partial charge in [0.2, 0.25) is 5.91 Å². The molecular formula is C16H25N3O2. The summed E-state index contributed by atoms with van der Waals surface area (Å²) in [6.45, 7) is 8.43. The SMILES string of the molecule is CC1(C(=O)N2CCN(Cc3ccco3)CC2)CCNCC1. The van der Waals surface area contributed by atoms with Gasteiger partial charge < -0.3 is 14.6 Å². The Bertz CT molecular complexity index is 458. The minimum absolute atomic E-state index is 0.158. The Balaban J connectivity index is 1.52. The van der Waals surface area contributed by atoms with E-state index in [2.05, 4.69) is 22.0 Å². The van der Waals surface area contributed by atoms with Crippen LogP contribution in [0, 0.1) is 5.41 Å². The summed E-state index contributed by atoms with van der Waals surface area (Å²) in [7, 11) is 0. The number of nitrogens with one attached hydrogen (secondary N) is 1. The lowest BCUT2D eigenvalue weighted by Gasteiger charge is -2.41. The third-order valence-corrected chi connectivity index (χ3v) is 4.84. The van der Waals surface area contributed by atoms with Crippen LogP contribution in [0.15, 0.2) is 22.8 Å². The summed E-state index contributed by atoms with van der Waals surface area (Å²) in [4.78, 5) is 17.2. The lowest BCUT2D eigenvalue weighted by atomic mass is 9.79. The quantitative estimate of drug-likeness (QED) is 0.912. The first-order valence-corrected chi connectivity index (χ1v) is 7.92. The van der Waals surface area contributed by atoms with Crippen molar-refractivity contribution in [2.24, 2.45) is 5.41 Å². The highest BCUT2D eigenvalue weighted by Crippen LogP contribution is 2.30. The Morgan fingerprint density at radius 1 is 1.29 bits per heavy atom. The molecule has 2 aliphatic heterocycles.